The fourth-order valence-electron chi connectivity index (χ4n) is 2.35. The number of hydrogen-bond donors (Lipinski definition) is 2. The van der Waals surface area contributed by atoms with Crippen molar-refractivity contribution >= 4 is 44.6 Å². The number of sulfonamides is 1. The Kier molecular flexibility index (Phi) is 5.76. The van der Waals surface area contributed by atoms with Gasteiger partial charge in [-0.15, -0.1) is 0 Å². The number of benzene rings is 2. The maximum atomic E-state index is 12.4. The Morgan fingerprint density at radius 1 is 1.07 bits per heavy atom. The molecular weight excluding hydrogens is 420 g/mol. The maximum Gasteiger partial charge on any atom is 0.270 e. The molecule has 0 bridgehead atoms. The second kappa shape index (κ2) is 8.25. The highest BCUT2D eigenvalue weighted by molar-refractivity contribution is 7.92. The number of non-ortho nitro benzene ring substituents is 1. The Labute approximate surface area is 170 Å². The molecule has 1 heterocycles. The summed E-state index contributed by atoms with van der Waals surface area (Å²) in [5, 5.41) is 13.4. The molecule has 11 heteroatoms. The maximum absolute atomic E-state index is 12.4. The Bertz CT molecular complexity index is 1170. The molecule has 0 atom stereocenters. The van der Waals surface area contributed by atoms with Gasteiger partial charge in [-0.25, -0.2) is 8.42 Å². The van der Waals surface area contributed by atoms with Gasteiger partial charge >= 0.3 is 0 Å². The number of carbonyl (C=O) groups is 1. The summed E-state index contributed by atoms with van der Waals surface area (Å²) in [4.78, 5) is 26.4. The van der Waals surface area contributed by atoms with Crippen LogP contribution in [0.15, 0.2) is 71.9 Å². The number of amides is 1. The van der Waals surface area contributed by atoms with Crippen LogP contribution in [0.4, 0.5) is 17.1 Å². The predicted octanol–water partition coefficient (Wildman–Crippen LogP) is 3.70. The van der Waals surface area contributed by atoms with Crippen molar-refractivity contribution in [2.24, 2.45) is 0 Å². The molecule has 29 heavy (non-hydrogen) atoms. The van der Waals surface area contributed by atoms with Crippen molar-refractivity contribution < 1.29 is 18.1 Å². The lowest BCUT2D eigenvalue weighted by Gasteiger charge is -2.10. The fourth-order valence-corrected chi connectivity index (χ4v) is 3.60. The van der Waals surface area contributed by atoms with Gasteiger partial charge in [-0.1, -0.05) is 11.6 Å². The van der Waals surface area contributed by atoms with Crippen molar-refractivity contribution in [3.05, 3.63) is 87.7 Å². The van der Waals surface area contributed by atoms with Crippen LogP contribution >= 0.6 is 11.6 Å². The fraction of sp³-hybridized carbons (Fsp3) is 0. The number of carbonyl (C=O) groups excluding carboxylic acids is 1. The van der Waals surface area contributed by atoms with E-state index in [0.29, 0.717) is 5.69 Å². The van der Waals surface area contributed by atoms with Crippen LogP contribution < -0.4 is 10.0 Å². The van der Waals surface area contributed by atoms with Crippen molar-refractivity contribution in [3.63, 3.8) is 0 Å². The van der Waals surface area contributed by atoms with Gasteiger partial charge in [-0.2, -0.15) is 0 Å². The van der Waals surface area contributed by atoms with E-state index in [4.69, 9.17) is 11.6 Å². The Morgan fingerprint density at radius 3 is 2.41 bits per heavy atom. The molecule has 3 aromatic rings. The second-order valence-corrected chi connectivity index (χ2v) is 7.84. The first-order valence-electron chi connectivity index (χ1n) is 8.04. The van der Waals surface area contributed by atoms with Gasteiger partial charge in [0, 0.05) is 24.0 Å². The van der Waals surface area contributed by atoms with E-state index in [0.717, 1.165) is 6.07 Å². The molecule has 0 fully saturated rings. The first kappa shape index (κ1) is 20.2. The molecule has 1 aromatic heterocycles. The van der Waals surface area contributed by atoms with E-state index < -0.39 is 20.9 Å². The van der Waals surface area contributed by atoms with Gasteiger partial charge in [-0.3, -0.25) is 24.6 Å². The molecule has 1 amide bonds. The van der Waals surface area contributed by atoms with Gasteiger partial charge in [0.15, 0.2) is 0 Å². The number of hydrogen-bond acceptors (Lipinski definition) is 6. The predicted molar refractivity (Wildman–Crippen MR) is 108 cm³/mol. The number of pyridine rings is 1. The molecule has 3 rings (SSSR count). The monoisotopic (exact) mass is 432 g/mol. The molecule has 2 aromatic carbocycles. The summed E-state index contributed by atoms with van der Waals surface area (Å²) >= 11 is 5.95. The highest BCUT2D eigenvalue weighted by atomic mass is 35.5. The van der Waals surface area contributed by atoms with Crippen LogP contribution in [0.25, 0.3) is 0 Å². The van der Waals surface area contributed by atoms with E-state index in [1.54, 1.807) is 12.1 Å². The summed E-state index contributed by atoms with van der Waals surface area (Å²) in [6, 6.07) is 12.1. The Hall–Kier alpha value is -3.50. The quantitative estimate of drug-likeness (QED) is 0.451. The zero-order valence-corrected chi connectivity index (χ0v) is 16.1. The Morgan fingerprint density at radius 2 is 1.79 bits per heavy atom. The molecule has 0 aliphatic heterocycles. The molecular formula is C18H13ClN4O5S. The SMILES string of the molecule is O=C(Nc1ccc(S(=O)(=O)Nc2cccnc2)cc1)c1cc([N+](=O)[O-])ccc1Cl. The van der Waals surface area contributed by atoms with E-state index in [1.807, 2.05) is 0 Å². The number of anilines is 2. The van der Waals surface area contributed by atoms with E-state index in [2.05, 4.69) is 15.0 Å². The minimum absolute atomic E-state index is 0.0206. The minimum atomic E-state index is -3.83. The highest BCUT2D eigenvalue weighted by Crippen LogP contribution is 2.24. The van der Waals surface area contributed by atoms with Gasteiger partial charge < -0.3 is 5.32 Å². The van der Waals surface area contributed by atoms with Crippen LogP contribution in [0, 0.1) is 10.1 Å². The number of aromatic nitrogens is 1. The van der Waals surface area contributed by atoms with Gasteiger partial charge in [0.2, 0.25) is 0 Å². The van der Waals surface area contributed by atoms with Gasteiger partial charge in [-0.05, 0) is 42.5 Å². The summed E-state index contributed by atoms with van der Waals surface area (Å²) in [5.74, 6) is -0.664. The lowest BCUT2D eigenvalue weighted by Crippen LogP contribution is -2.14. The molecule has 0 aliphatic rings. The van der Waals surface area contributed by atoms with Crippen LogP contribution in [0.2, 0.25) is 5.02 Å². The summed E-state index contributed by atoms with van der Waals surface area (Å²) in [6.07, 6.45) is 2.89. The number of rotatable bonds is 6. The molecule has 0 unspecified atom stereocenters. The molecule has 9 nitrogen and oxygen atoms in total. The van der Waals surface area contributed by atoms with Crippen molar-refractivity contribution in [2.75, 3.05) is 10.0 Å². The topological polar surface area (TPSA) is 131 Å². The normalized spacial score (nSPS) is 10.9. The molecule has 0 saturated heterocycles. The van der Waals surface area contributed by atoms with Crippen LogP contribution in [-0.2, 0) is 10.0 Å². The third-order valence-electron chi connectivity index (χ3n) is 3.74. The van der Waals surface area contributed by atoms with Gasteiger partial charge in [0.25, 0.3) is 21.6 Å². The summed E-state index contributed by atoms with van der Waals surface area (Å²) in [5.41, 5.74) is 0.251. The van der Waals surface area contributed by atoms with Crippen LogP contribution in [0.5, 0.6) is 0 Å². The highest BCUT2D eigenvalue weighted by Gasteiger charge is 2.17. The first-order valence-corrected chi connectivity index (χ1v) is 9.90. The molecule has 148 valence electrons. The summed E-state index contributed by atoms with van der Waals surface area (Å²) in [7, 11) is -3.83. The number of halogens is 1. The zero-order valence-electron chi connectivity index (χ0n) is 14.6. The van der Waals surface area contributed by atoms with Crippen LogP contribution in [0.3, 0.4) is 0 Å². The smallest absolute Gasteiger partial charge is 0.270 e. The van der Waals surface area contributed by atoms with Gasteiger partial charge in [0.1, 0.15) is 0 Å². The third kappa shape index (κ3) is 4.86. The second-order valence-electron chi connectivity index (χ2n) is 5.75. The molecule has 0 spiro atoms. The summed E-state index contributed by atoms with van der Waals surface area (Å²) < 4.78 is 27.2. The minimum Gasteiger partial charge on any atom is -0.322 e. The van der Waals surface area contributed by atoms with Crippen molar-refractivity contribution in [1.82, 2.24) is 4.98 Å². The van der Waals surface area contributed by atoms with E-state index >= 15 is 0 Å². The number of nitrogens with zero attached hydrogens (tertiary/aromatic N) is 2. The first-order chi connectivity index (χ1) is 13.8. The van der Waals surface area contributed by atoms with E-state index in [-0.39, 0.29) is 26.9 Å². The van der Waals surface area contributed by atoms with E-state index in [1.165, 1.54) is 48.8 Å². The molecule has 2 N–H and O–H groups in total. The van der Waals surface area contributed by atoms with Crippen LogP contribution in [-0.4, -0.2) is 24.2 Å². The van der Waals surface area contributed by atoms with Crippen molar-refractivity contribution in [2.45, 2.75) is 4.90 Å². The lowest BCUT2D eigenvalue weighted by molar-refractivity contribution is -0.384. The van der Waals surface area contributed by atoms with Crippen LogP contribution in [0.1, 0.15) is 10.4 Å². The number of nitrogens with one attached hydrogen (secondary N) is 2. The number of nitro benzene ring substituents is 1. The Balaban J connectivity index is 1.76. The van der Waals surface area contributed by atoms with Gasteiger partial charge in [0.05, 0.1) is 32.3 Å². The molecule has 0 radical (unpaired) electrons. The third-order valence-corrected chi connectivity index (χ3v) is 5.47. The lowest BCUT2D eigenvalue weighted by atomic mass is 10.2. The summed E-state index contributed by atoms with van der Waals surface area (Å²) in [6.45, 7) is 0. The average Bonchev–Trinajstić information content (AvgIpc) is 2.69. The van der Waals surface area contributed by atoms with Crippen molar-refractivity contribution in [1.29, 1.82) is 0 Å². The van der Waals surface area contributed by atoms with E-state index in [9.17, 15) is 23.3 Å². The molecule has 0 saturated carbocycles. The zero-order chi connectivity index (χ0) is 21.0. The average molecular weight is 433 g/mol. The standard InChI is InChI=1S/C18H13ClN4O5S/c19-17-8-5-14(23(25)26)10-16(17)18(24)21-12-3-6-15(7-4-12)29(27,28)22-13-2-1-9-20-11-13/h1-11,22H,(H,21,24). The number of nitro groups is 1. The van der Waals surface area contributed by atoms with Crippen molar-refractivity contribution in [3.8, 4) is 0 Å². The largest absolute Gasteiger partial charge is 0.322 e. The molecule has 0 aliphatic carbocycles.